The van der Waals surface area contributed by atoms with E-state index < -0.39 is 0 Å². The van der Waals surface area contributed by atoms with Gasteiger partial charge >= 0.3 is 0 Å². The Bertz CT molecular complexity index is 410. The van der Waals surface area contributed by atoms with Crippen LogP contribution in [0.15, 0.2) is 6.07 Å². The van der Waals surface area contributed by atoms with Gasteiger partial charge in [-0.25, -0.2) is 4.98 Å². The van der Waals surface area contributed by atoms with Gasteiger partial charge in [-0.2, -0.15) is 4.98 Å². The number of nitrogens with one attached hydrogen (secondary N) is 1. The maximum Gasteiger partial charge on any atom is 0.244 e. The Hall–Kier alpha value is -1.85. The molecule has 0 aromatic carbocycles. The van der Waals surface area contributed by atoms with E-state index in [1.807, 2.05) is 20.8 Å². The number of hydrogen-bond donors (Lipinski definition) is 2. The number of aromatic nitrogens is 2. The summed E-state index contributed by atoms with van der Waals surface area (Å²) >= 11 is 0. The fourth-order valence-electron chi connectivity index (χ4n) is 1.62. The van der Waals surface area contributed by atoms with Crippen LogP contribution in [0.25, 0.3) is 0 Å². The third kappa shape index (κ3) is 3.58. The third-order valence-electron chi connectivity index (χ3n) is 2.55. The molecule has 0 spiro atoms. The van der Waals surface area contributed by atoms with Crippen molar-refractivity contribution in [1.82, 2.24) is 14.9 Å². The van der Waals surface area contributed by atoms with Gasteiger partial charge in [-0.05, 0) is 12.8 Å². The molecule has 6 heteroatoms. The smallest absolute Gasteiger partial charge is 0.244 e. The molecule has 0 saturated carbocycles. The SMILES string of the molecule is Cc1cc(N[C@H](C(=O)N(C)C)C(C)C)nc(N)n1. The minimum atomic E-state index is -0.325. The molecule has 0 unspecified atom stereocenters. The minimum absolute atomic E-state index is 0.0137. The van der Waals surface area contributed by atoms with E-state index in [0.717, 1.165) is 5.69 Å². The lowest BCUT2D eigenvalue weighted by Crippen LogP contribution is -2.42. The first kappa shape index (κ1) is 14.2. The van der Waals surface area contributed by atoms with E-state index in [2.05, 4.69) is 15.3 Å². The Morgan fingerprint density at radius 1 is 1.39 bits per heavy atom. The first-order chi connectivity index (χ1) is 8.31. The number of carbonyl (C=O) groups is 1. The summed E-state index contributed by atoms with van der Waals surface area (Å²) in [5, 5.41) is 3.12. The van der Waals surface area contributed by atoms with Gasteiger partial charge in [-0.3, -0.25) is 4.79 Å². The number of nitrogens with two attached hydrogens (primary N) is 1. The topological polar surface area (TPSA) is 84.1 Å². The number of carbonyl (C=O) groups excluding carboxylic acids is 1. The van der Waals surface area contributed by atoms with Gasteiger partial charge in [-0.1, -0.05) is 13.8 Å². The average molecular weight is 251 g/mol. The highest BCUT2D eigenvalue weighted by atomic mass is 16.2. The minimum Gasteiger partial charge on any atom is -0.368 e. The zero-order valence-electron chi connectivity index (χ0n) is 11.6. The van der Waals surface area contributed by atoms with E-state index in [-0.39, 0.29) is 23.8 Å². The number of nitrogen functional groups attached to an aromatic ring is 1. The summed E-state index contributed by atoms with van der Waals surface area (Å²) in [6.07, 6.45) is 0. The molecule has 1 aromatic heterocycles. The van der Waals surface area contributed by atoms with Crippen LogP contribution in [0.4, 0.5) is 11.8 Å². The summed E-state index contributed by atoms with van der Waals surface area (Å²) in [4.78, 5) is 21.7. The van der Waals surface area contributed by atoms with Gasteiger partial charge in [0.25, 0.3) is 0 Å². The van der Waals surface area contributed by atoms with Crippen molar-refractivity contribution in [1.29, 1.82) is 0 Å². The standard InChI is InChI=1S/C12H21N5O/c1-7(2)10(11(18)17(4)5)15-9-6-8(3)14-12(13)16-9/h6-7,10H,1-5H3,(H3,13,14,15,16)/t10-/m0/s1. The second kappa shape index (κ2) is 5.66. The fraction of sp³-hybridized carbons (Fsp3) is 0.583. The van der Waals surface area contributed by atoms with Gasteiger partial charge in [0.2, 0.25) is 11.9 Å². The van der Waals surface area contributed by atoms with Gasteiger partial charge in [0.05, 0.1) is 0 Å². The summed E-state index contributed by atoms with van der Waals surface area (Å²) in [6, 6.07) is 1.45. The molecule has 0 saturated heterocycles. The Morgan fingerprint density at radius 2 is 2.00 bits per heavy atom. The summed E-state index contributed by atoms with van der Waals surface area (Å²) in [5.41, 5.74) is 6.36. The number of rotatable bonds is 4. The van der Waals surface area contributed by atoms with E-state index in [9.17, 15) is 4.79 Å². The van der Waals surface area contributed by atoms with Crippen LogP contribution in [0.1, 0.15) is 19.5 Å². The van der Waals surface area contributed by atoms with Crippen LogP contribution in [0.3, 0.4) is 0 Å². The molecule has 6 nitrogen and oxygen atoms in total. The first-order valence-corrected chi connectivity index (χ1v) is 5.90. The van der Waals surface area contributed by atoms with Crippen molar-refractivity contribution in [3.8, 4) is 0 Å². The second-order valence-corrected chi connectivity index (χ2v) is 4.85. The Morgan fingerprint density at radius 3 is 2.44 bits per heavy atom. The molecule has 100 valence electrons. The highest BCUT2D eigenvalue weighted by Crippen LogP contribution is 2.14. The number of aryl methyl sites for hydroxylation is 1. The lowest BCUT2D eigenvalue weighted by Gasteiger charge is -2.25. The molecule has 1 atom stereocenters. The van der Waals surface area contributed by atoms with Crippen molar-refractivity contribution in [3.05, 3.63) is 11.8 Å². The van der Waals surface area contributed by atoms with E-state index >= 15 is 0 Å². The molecule has 1 aromatic rings. The monoisotopic (exact) mass is 251 g/mol. The lowest BCUT2D eigenvalue weighted by atomic mass is 10.0. The lowest BCUT2D eigenvalue weighted by molar-refractivity contribution is -0.130. The average Bonchev–Trinajstić information content (AvgIpc) is 2.23. The molecule has 1 amide bonds. The maximum atomic E-state index is 12.0. The van der Waals surface area contributed by atoms with Crippen LogP contribution in [0.5, 0.6) is 0 Å². The van der Waals surface area contributed by atoms with Crippen LogP contribution >= 0.6 is 0 Å². The number of likely N-dealkylation sites (N-methyl/N-ethyl adjacent to an activating group) is 1. The number of hydrogen-bond acceptors (Lipinski definition) is 5. The summed E-state index contributed by atoms with van der Waals surface area (Å²) in [7, 11) is 3.47. The normalized spacial score (nSPS) is 12.3. The van der Waals surface area contributed by atoms with Gasteiger partial charge in [0.15, 0.2) is 0 Å². The number of amides is 1. The quantitative estimate of drug-likeness (QED) is 0.830. The molecule has 0 aliphatic carbocycles. The molecule has 18 heavy (non-hydrogen) atoms. The second-order valence-electron chi connectivity index (χ2n) is 4.85. The van der Waals surface area contributed by atoms with Gasteiger partial charge in [0, 0.05) is 25.9 Å². The largest absolute Gasteiger partial charge is 0.368 e. The number of anilines is 2. The van der Waals surface area contributed by atoms with Gasteiger partial charge in [0.1, 0.15) is 11.9 Å². The van der Waals surface area contributed by atoms with Crippen LogP contribution in [-0.2, 0) is 4.79 Å². The third-order valence-corrected chi connectivity index (χ3v) is 2.55. The van der Waals surface area contributed by atoms with Gasteiger partial charge in [-0.15, -0.1) is 0 Å². The molecule has 0 bridgehead atoms. The zero-order chi connectivity index (χ0) is 13.9. The molecule has 0 aliphatic rings. The molecular formula is C12H21N5O. The van der Waals surface area contributed by atoms with Crippen molar-refractivity contribution < 1.29 is 4.79 Å². The molecule has 3 N–H and O–H groups in total. The Kier molecular flexibility index (Phi) is 4.47. The number of nitrogens with zero attached hydrogens (tertiary/aromatic N) is 3. The van der Waals surface area contributed by atoms with E-state index in [1.165, 1.54) is 0 Å². The van der Waals surface area contributed by atoms with Crippen molar-refractivity contribution in [2.24, 2.45) is 5.92 Å². The zero-order valence-corrected chi connectivity index (χ0v) is 11.6. The first-order valence-electron chi connectivity index (χ1n) is 5.90. The molecule has 1 rings (SSSR count). The van der Waals surface area contributed by atoms with E-state index in [0.29, 0.717) is 5.82 Å². The van der Waals surface area contributed by atoms with Crippen LogP contribution in [0, 0.1) is 12.8 Å². The molecule has 1 heterocycles. The van der Waals surface area contributed by atoms with E-state index in [4.69, 9.17) is 5.73 Å². The summed E-state index contributed by atoms with van der Waals surface area (Å²) < 4.78 is 0. The molecule has 0 fully saturated rings. The van der Waals surface area contributed by atoms with Gasteiger partial charge < -0.3 is 16.0 Å². The van der Waals surface area contributed by atoms with Crippen molar-refractivity contribution in [2.45, 2.75) is 26.8 Å². The van der Waals surface area contributed by atoms with Crippen LogP contribution in [0.2, 0.25) is 0 Å². The van der Waals surface area contributed by atoms with Crippen molar-refractivity contribution in [3.63, 3.8) is 0 Å². The summed E-state index contributed by atoms with van der Waals surface area (Å²) in [5.74, 6) is 0.947. The molecule has 0 aliphatic heterocycles. The summed E-state index contributed by atoms with van der Waals surface area (Å²) in [6.45, 7) is 5.80. The Labute approximate surface area is 108 Å². The van der Waals surface area contributed by atoms with Crippen LogP contribution < -0.4 is 11.1 Å². The van der Waals surface area contributed by atoms with Crippen LogP contribution in [-0.4, -0.2) is 40.9 Å². The van der Waals surface area contributed by atoms with Crippen molar-refractivity contribution >= 4 is 17.7 Å². The Balaban J connectivity index is 2.93. The van der Waals surface area contributed by atoms with Crippen molar-refractivity contribution in [2.75, 3.05) is 25.1 Å². The fourth-order valence-corrected chi connectivity index (χ4v) is 1.62. The predicted octanol–water partition coefficient (Wildman–Crippen LogP) is 0.892. The highest BCUT2D eigenvalue weighted by Gasteiger charge is 2.24. The van der Waals surface area contributed by atoms with E-state index in [1.54, 1.807) is 25.1 Å². The predicted molar refractivity (Wildman–Crippen MR) is 72.1 cm³/mol. The highest BCUT2D eigenvalue weighted by molar-refractivity contribution is 5.84. The molecule has 0 radical (unpaired) electrons. The molecular weight excluding hydrogens is 230 g/mol. The maximum absolute atomic E-state index is 12.0.